The molecule has 1 saturated heterocycles. The maximum atomic E-state index is 11.1. The average Bonchev–Trinajstić information content (AvgIpc) is 2.60. The summed E-state index contributed by atoms with van der Waals surface area (Å²) in [6.45, 7) is 5.23. The predicted octanol–water partition coefficient (Wildman–Crippen LogP) is -0.338. The highest BCUT2D eigenvalue weighted by atomic mass is 16.1. The Bertz CT molecular complexity index is 196. The normalized spacial score (nSPS) is 26.9. The van der Waals surface area contributed by atoms with Crippen LogP contribution in [0.5, 0.6) is 0 Å². The highest BCUT2D eigenvalue weighted by molar-refractivity contribution is 5.75. The average molecular weight is 199 g/mol. The predicted molar refractivity (Wildman–Crippen MR) is 57.1 cm³/mol. The van der Waals surface area contributed by atoms with E-state index >= 15 is 0 Å². The van der Waals surface area contributed by atoms with E-state index in [0.29, 0.717) is 18.4 Å². The van der Waals surface area contributed by atoms with Crippen LogP contribution in [0.4, 0.5) is 0 Å². The molecule has 2 unspecified atom stereocenters. The molecule has 0 bridgehead atoms. The van der Waals surface area contributed by atoms with Gasteiger partial charge in [0.25, 0.3) is 0 Å². The van der Waals surface area contributed by atoms with Crippen molar-refractivity contribution in [2.45, 2.75) is 19.4 Å². The second-order valence-corrected chi connectivity index (χ2v) is 4.11. The van der Waals surface area contributed by atoms with Crippen LogP contribution in [-0.4, -0.2) is 50.6 Å². The molecule has 0 aromatic rings. The summed E-state index contributed by atoms with van der Waals surface area (Å²) in [7, 11) is 3.78. The molecule has 0 spiro atoms. The minimum absolute atomic E-state index is 0.121. The molecule has 2 N–H and O–H groups in total. The van der Waals surface area contributed by atoms with Gasteiger partial charge in [0.2, 0.25) is 5.91 Å². The van der Waals surface area contributed by atoms with Crippen LogP contribution >= 0.6 is 0 Å². The third-order valence-electron chi connectivity index (χ3n) is 3.01. The Kier molecular flexibility index (Phi) is 4.35. The molecule has 1 rings (SSSR count). The van der Waals surface area contributed by atoms with Crippen LogP contribution in [-0.2, 0) is 4.79 Å². The summed E-state index contributed by atoms with van der Waals surface area (Å²) in [5, 5.41) is 6.00. The minimum atomic E-state index is 0.121. The van der Waals surface area contributed by atoms with Gasteiger partial charge in [-0.15, -0.1) is 0 Å². The zero-order chi connectivity index (χ0) is 10.6. The molecule has 0 radical (unpaired) electrons. The topological polar surface area (TPSA) is 44.4 Å². The summed E-state index contributed by atoms with van der Waals surface area (Å²) >= 11 is 0. The molecule has 0 saturated carbocycles. The number of amides is 1. The van der Waals surface area contributed by atoms with Gasteiger partial charge in [-0.05, 0) is 19.5 Å². The van der Waals surface area contributed by atoms with Crippen LogP contribution in [0.15, 0.2) is 0 Å². The third kappa shape index (κ3) is 2.96. The zero-order valence-corrected chi connectivity index (χ0v) is 9.34. The molecule has 4 nitrogen and oxygen atoms in total. The fourth-order valence-corrected chi connectivity index (χ4v) is 1.96. The molecule has 4 heteroatoms. The highest BCUT2D eigenvalue weighted by Gasteiger charge is 2.26. The first-order valence-electron chi connectivity index (χ1n) is 5.26. The van der Waals surface area contributed by atoms with Crippen LogP contribution in [0.25, 0.3) is 0 Å². The molecular formula is C10H21N3O. The molecule has 14 heavy (non-hydrogen) atoms. The maximum Gasteiger partial charge on any atom is 0.221 e. The van der Waals surface area contributed by atoms with Crippen LogP contribution in [0, 0.1) is 5.92 Å². The highest BCUT2D eigenvalue weighted by Crippen LogP contribution is 2.13. The van der Waals surface area contributed by atoms with Gasteiger partial charge in [0.1, 0.15) is 0 Å². The van der Waals surface area contributed by atoms with Gasteiger partial charge in [-0.25, -0.2) is 0 Å². The summed E-state index contributed by atoms with van der Waals surface area (Å²) in [5.74, 6) is 0.806. The van der Waals surface area contributed by atoms with Gasteiger partial charge in [0.05, 0.1) is 0 Å². The van der Waals surface area contributed by atoms with Gasteiger partial charge < -0.3 is 15.5 Å². The number of nitrogens with one attached hydrogen (secondary N) is 2. The van der Waals surface area contributed by atoms with E-state index in [4.69, 9.17) is 0 Å². The van der Waals surface area contributed by atoms with Crippen LogP contribution < -0.4 is 10.6 Å². The molecule has 0 aromatic carbocycles. The number of hydrogen-bond acceptors (Lipinski definition) is 3. The van der Waals surface area contributed by atoms with Crippen LogP contribution in [0.2, 0.25) is 0 Å². The lowest BCUT2D eigenvalue weighted by Crippen LogP contribution is -2.39. The Labute approximate surface area is 86.0 Å². The van der Waals surface area contributed by atoms with Gasteiger partial charge in [-0.3, -0.25) is 4.79 Å². The maximum absolute atomic E-state index is 11.1. The van der Waals surface area contributed by atoms with Crippen molar-refractivity contribution in [3.05, 3.63) is 0 Å². The Morgan fingerprint density at radius 3 is 2.79 bits per heavy atom. The summed E-state index contributed by atoms with van der Waals surface area (Å²) in [6.07, 6.45) is 0.593. The molecule has 0 aliphatic carbocycles. The van der Waals surface area contributed by atoms with Crippen molar-refractivity contribution in [1.29, 1.82) is 0 Å². The van der Waals surface area contributed by atoms with Crippen molar-refractivity contribution in [2.24, 2.45) is 5.92 Å². The summed E-state index contributed by atoms with van der Waals surface area (Å²) < 4.78 is 0. The van der Waals surface area contributed by atoms with E-state index in [1.807, 2.05) is 0 Å². The Morgan fingerprint density at radius 2 is 2.29 bits per heavy atom. The van der Waals surface area contributed by atoms with Crippen molar-refractivity contribution >= 4 is 5.91 Å². The van der Waals surface area contributed by atoms with E-state index in [1.165, 1.54) is 0 Å². The first-order valence-corrected chi connectivity index (χ1v) is 5.26. The van der Waals surface area contributed by atoms with E-state index in [1.54, 1.807) is 7.05 Å². The number of nitrogens with zero attached hydrogens (tertiary/aromatic N) is 1. The zero-order valence-electron chi connectivity index (χ0n) is 9.34. The number of hydrogen-bond donors (Lipinski definition) is 2. The SMILES string of the molecule is CNC(=O)CCN(C)C1CNCC1C. The second kappa shape index (κ2) is 5.32. The fraction of sp³-hybridized carbons (Fsp3) is 0.900. The molecule has 1 aliphatic rings. The molecule has 2 atom stereocenters. The summed E-state index contributed by atoms with van der Waals surface area (Å²) in [4.78, 5) is 13.3. The molecule has 1 amide bonds. The Morgan fingerprint density at radius 1 is 1.57 bits per heavy atom. The Hall–Kier alpha value is -0.610. The second-order valence-electron chi connectivity index (χ2n) is 4.11. The Balaban J connectivity index is 2.27. The van der Waals surface area contributed by atoms with Gasteiger partial charge in [-0.2, -0.15) is 0 Å². The molecule has 0 aromatic heterocycles. The van der Waals surface area contributed by atoms with Crippen LogP contribution in [0.1, 0.15) is 13.3 Å². The summed E-state index contributed by atoms with van der Waals surface area (Å²) in [6, 6.07) is 0.583. The van der Waals surface area contributed by atoms with E-state index in [0.717, 1.165) is 19.6 Å². The van der Waals surface area contributed by atoms with Crippen molar-refractivity contribution in [3.8, 4) is 0 Å². The van der Waals surface area contributed by atoms with Gasteiger partial charge >= 0.3 is 0 Å². The first kappa shape index (κ1) is 11.5. The molecule has 82 valence electrons. The van der Waals surface area contributed by atoms with Gasteiger partial charge in [0.15, 0.2) is 0 Å². The van der Waals surface area contributed by atoms with Crippen molar-refractivity contribution < 1.29 is 4.79 Å². The fourth-order valence-electron chi connectivity index (χ4n) is 1.96. The minimum Gasteiger partial charge on any atom is -0.359 e. The van der Waals surface area contributed by atoms with E-state index < -0.39 is 0 Å². The van der Waals surface area contributed by atoms with E-state index in [2.05, 4.69) is 29.5 Å². The van der Waals surface area contributed by atoms with Crippen molar-refractivity contribution in [3.63, 3.8) is 0 Å². The lowest BCUT2D eigenvalue weighted by molar-refractivity contribution is -0.121. The standard InChI is InChI=1S/C10H21N3O/c1-8-6-12-7-9(8)13(3)5-4-10(14)11-2/h8-9,12H,4-7H2,1-3H3,(H,11,14). The first-order chi connectivity index (χ1) is 6.65. The van der Waals surface area contributed by atoms with E-state index in [-0.39, 0.29) is 5.91 Å². The molecule has 1 fully saturated rings. The quantitative estimate of drug-likeness (QED) is 0.651. The number of rotatable bonds is 4. The number of carbonyl (C=O) groups is 1. The largest absolute Gasteiger partial charge is 0.359 e. The monoisotopic (exact) mass is 199 g/mol. The number of carbonyl (C=O) groups excluding carboxylic acids is 1. The van der Waals surface area contributed by atoms with Crippen molar-refractivity contribution in [2.75, 3.05) is 33.7 Å². The number of likely N-dealkylation sites (N-methyl/N-ethyl adjacent to an activating group) is 1. The molecule has 1 aliphatic heterocycles. The summed E-state index contributed by atoms with van der Waals surface area (Å²) in [5.41, 5.74) is 0. The van der Waals surface area contributed by atoms with Gasteiger partial charge in [0, 0.05) is 32.6 Å². The van der Waals surface area contributed by atoms with Crippen LogP contribution in [0.3, 0.4) is 0 Å². The molecule has 1 heterocycles. The third-order valence-corrected chi connectivity index (χ3v) is 3.01. The van der Waals surface area contributed by atoms with E-state index in [9.17, 15) is 4.79 Å². The lowest BCUT2D eigenvalue weighted by atomic mass is 10.1. The molecular weight excluding hydrogens is 178 g/mol. The lowest BCUT2D eigenvalue weighted by Gasteiger charge is -2.26. The van der Waals surface area contributed by atoms with Crippen molar-refractivity contribution in [1.82, 2.24) is 15.5 Å². The van der Waals surface area contributed by atoms with Gasteiger partial charge in [-0.1, -0.05) is 6.92 Å². The smallest absolute Gasteiger partial charge is 0.221 e.